The molecule has 0 fully saturated rings. The van der Waals surface area contributed by atoms with Crippen LogP contribution in [0.5, 0.6) is 0 Å². The number of anilines is 6. The van der Waals surface area contributed by atoms with Crippen LogP contribution in [-0.4, -0.2) is 11.3 Å². The van der Waals surface area contributed by atoms with Gasteiger partial charge < -0.3 is 14.4 Å². The molecule has 0 amide bonds. The molecule has 3 nitrogen and oxygen atoms in total. The van der Waals surface area contributed by atoms with Crippen LogP contribution in [-0.2, 0) is 27.1 Å². The Balaban J connectivity index is 1.01. The Hall–Kier alpha value is -11.5. The van der Waals surface area contributed by atoms with Crippen molar-refractivity contribution >= 4 is 84.6 Å². The average molecular weight is 1560 g/mol. The van der Waals surface area contributed by atoms with Crippen molar-refractivity contribution in [3.8, 4) is 61.3 Å². The molecule has 1 aromatic heterocycles. The summed E-state index contributed by atoms with van der Waals surface area (Å²) < 4.78 is 2.60. The standard InChI is InChI=1S/C116H116BN3/c1-110(2,3)81-47-44-71(45-48-81)79-61-103-107-104(62-79)120(109-92(74-38-30-24-31-39-74)67-87(116(19,20)21)68-93(109)75-40-32-25-33-41-75)102-70-88(118-99-54-49-82(111(4,5)6)63-94(99)95-64-83(112(7,8)9)50-55-100(95)118)51-52-97(102)117(107)98-60-76(89-59-80-58-84(113(10,11)12)56-77-42-43-78-57-85(114(13,14)15)69-96(89)106(78)105(77)80)46-53-101(98)119(103)108-90(72-34-26-22-27-35-72)65-86(115(16,17)18)66-91(108)73-36-28-23-29-37-73/h22-55,57-70,77,105-106H,56H2,1-21H3. The van der Waals surface area contributed by atoms with Crippen molar-refractivity contribution in [2.24, 2.45) is 28.6 Å². The fraction of sp³-hybridized carbons (Fsp3) is 0.276. The number of allylic oxidation sites excluding steroid dienone is 12. The van der Waals surface area contributed by atoms with Crippen molar-refractivity contribution in [2.75, 3.05) is 9.80 Å². The molecule has 4 aliphatic carbocycles. The normalized spacial score (nSPS) is 17.2. The summed E-state index contributed by atoms with van der Waals surface area (Å²) in [5, 5.41) is 2.53. The van der Waals surface area contributed by atoms with Gasteiger partial charge in [0, 0.05) is 73.3 Å². The van der Waals surface area contributed by atoms with Crippen LogP contribution >= 0.6 is 0 Å². The third kappa shape index (κ3) is 13.4. The second kappa shape index (κ2) is 28.1. The van der Waals surface area contributed by atoms with Gasteiger partial charge in [0.25, 0.3) is 6.71 Å². The molecule has 0 saturated heterocycles. The van der Waals surface area contributed by atoms with Crippen molar-refractivity contribution in [3.63, 3.8) is 0 Å². The van der Waals surface area contributed by atoms with Gasteiger partial charge in [0.15, 0.2) is 0 Å². The molecule has 3 atom stereocenters. The minimum Gasteiger partial charge on any atom is -0.310 e. The number of rotatable bonds is 9. The molecule has 13 aromatic rings. The van der Waals surface area contributed by atoms with Crippen LogP contribution < -0.4 is 26.2 Å². The molecule has 3 unspecified atom stereocenters. The van der Waals surface area contributed by atoms with Gasteiger partial charge in [0.1, 0.15) is 0 Å². The highest BCUT2D eigenvalue weighted by Gasteiger charge is 2.49. The minimum atomic E-state index is -0.301. The molecule has 12 aromatic carbocycles. The number of benzene rings is 12. The van der Waals surface area contributed by atoms with E-state index in [0.29, 0.717) is 11.8 Å². The summed E-state index contributed by atoms with van der Waals surface area (Å²) in [5.74, 6) is 0.956. The van der Waals surface area contributed by atoms with Gasteiger partial charge in [-0.25, -0.2) is 0 Å². The summed E-state index contributed by atoms with van der Waals surface area (Å²) in [6.45, 7) is 49.5. The molecule has 0 radical (unpaired) electrons. The number of nitrogens with zero attached hydrogens (tertiary/aromatic N) is 3. The smallest absolute Gasteiger partial charge is 0.252 e. The maximum Gasteiger partial charge on any atom is 0.252 e. The summed E-state index contributed by atoms with van der Waals surface area (Å²) in [6.07, 6.45) is 16.7. The zero-order chi connectivity index (χ0) is 84.0. The first-order chi connectivity index (χ1) is 56.9. The summed E-state index contributed by atoms with van der Waals surface area (Å²) >= 11 is 0. The molecule has 2 aliphatic heterocycles. The van der Waals surface area contributed by atoms with E-state index in [9.17, 15) is 0 Å². The van der Waals surface area contributed by atoms with Crippen molar-refractivity contribution in [3.05, 3.63) is 352 Å². The van der Waals surface area contributed by atoms with E-state index in [4.69, 9.17) is 0 Å². The van der Waals surface area contributed by atoms with Crippen LogP contribution in [0.25, 0.3) is 88.7 Å². The maximum atomic E-state index is 2.79. The Morgan fingerprint density at radius 1 is 0.317 bits per heavy atom. The fourth-order valence-electron chi connectivity index (χ4n) is 20.3. The average Bonchev–Trinajstić information content (AvgIpc) is 0.749. The van der Waals surface area contributed by atoms with Crippen molar-refractivity contribution in [2.45, 2.75) is 179 Å². The highest BCUT2D eigenvalue weighted by molar-refractivity contribution is 7.00. The Morgan fingerprint density at radius 3 is 1.22 bits per heavy atom. The largest absolute Gasteiger partial charge is 0.310 e. The second-order valence-electron chi connectivity index (χ2n) is 42.6. The molecule has 0 bridgehead atoms. The third-order valence-corrected chi connectivity index (χ3v) is 27.3. The van der Waals surface area contributed by atoms with Crippen molar-refractivity contribution in [1.29, 1.82) is 0 Å². The Bertz CT molecular complexity index is 6360. The van der Waals surface area contributed by atoms with Crippen LogP contribution in [0.1, 0.15) is 185 Å². The van der Waals surface area contributed by atoms with E-state index >= 15 is 0 Å². The van der Waals surface area contributed by atoms with E-state index in [1.807, 2.05) is 0 Å². The van der Waals surface area contributed by atoms with Gasteiger partial charge in [-0.15, -0.1) is 0 Å². The lowest BCUT2D eigenvalue weighted by atomic mass is 9.33. The second-order valence-corrected chi connectivity index (χ2v) is 42.6. The van der Waals surface area contributed by atoms with E-state index in [1.165, 1.54) is 138 Å². The van der Waals surface area contributed by atoms with Crippen LogP contribution in [0.3, 0.4) is 0 Å². The summed E-state index contributed by atoms with van der Waals surface area (Å²) in [5.41, 5.74) is 41.3. The SMILES string of the molecule is CC(C)(C)C1=CC2=C(c3ccc4c(c3)B3c5ccc(-n6c7ccc(C(C)(C)C)cc7c7cc(C(C)(C)C)ccc76)cc5N(c5c(-c6ccccc6)cc(C(C)(C)C)cc5-c5ccccc5)c5cc(-c6ccc(C(C)(C)C)cc6)cc(c53)N4c3c(-c4ccccc4)cc(C(C)(C)C)cc3-c3ccccc3)C=C3C=C(C(C)(C)C)CC4C=CC(=C1)C2C34. The summed E-state index contributed by atoms with van der Waals surface area (Å²) in [6, 6.07) is 100. The molecule has 4 heteroatoms. The first-order valence-electron chi connectivity index (χ1n) is 44.1. The lowest BCUT2D eigenvalue weighted by molar-refractivity contribution is 0.328. The number of aromatic nitrogens is 1. The van der Waals surface area contributed by atoms with E-state index in [0.717, 1.165) is 68.5 Å². The lowest BCUT2D eigenvalue weighted by Gasteiger charge is -2.48. The third-order valence-electron chi connectivity index (χ3n) is 27.3. The topological polar surface area (TPSA) is 11.4 Å². The predicted molar refractivity (Wildman–Crippen MR) is 518 cm³/mol. The van der Waals surface area contributed by atoms with E-state index in [2.05, 4.69) is 451 Å². The first-order valence-corrected chi connectivity index (χ1v) is 44.1. The molecule has 598 valence electrons. The molecule has 0 spiro atoms. The number of hydrogen-bond donors (Lipinski definition) is 0. The van der Waals surface area contributed by atoms with E-state index in [-0.39, 0.29) is 50.5 Å². The maximum absolute atomic E-state index is 2.79. The van der Waals surface area contributed by atoms with Gasteiger partial charge in [0.2, 0.25) is 0 Å². The van der Waals surface area contributed by atoms with Gasteiger partial charge in [-0.2, -0.15) is 0 Å². The van der Waals surface area contributed by atoms with Gasteiger partial charge >= 0.3 is 0 Å². The molecule has 6 aliphatic rings. The summed E-state index contributed by atoms with van der Waals surface area (Å²) in [7, 11) is 0. The fourth-order valence-corrected chi connectivity index (χ4v) is 20.3. The van der Waals surface area contributed by atoms with E-state index < -0.39 is 0 Å². The molecule has 120 heavy (non-hydrogen) atoms. The molecule has 0 N–H and O–H groups in total. The van der Waals surface area contributed by atoms with Gasteiger partial charge in [0.05, 0.1) is 22.4 Å². The molecular weight excluding hydrogens is 1450 g/mol. The predicted octanol–water partition coefficient (Wildman–Crippen LogP) is 30.1. The quantitative estimate of drug-likeness (QED) is 0.133. The Morgan fingerprint density at radius 2 is 0.767 bits per heavy atom. The van der Waals surface area contributed by atoms with Crippen molar-refractivity contribution < 1.29 is 0 Å². The monoisotopic (exact) mass is 1560 g/mol. The number of hydrogen-bond acceptors (Lipinski definition) is 2. The number of fused-ring (bicyclic) bond motifs is 7. The molecule has 19 rings (SSSR count). The lowest BCUT2D eigenvalue weighted by Crippen LogP contribution is -2.61. The van der Waals surface area contributed by atoms with Gasteiger partial charge in [-0.05, 0) is 240 Å². The Labute approximate surface area is 715 Å². The van der Waals surface area contributed by atoms with Gasteiger partial charge in [-0.3, -0.25) is 0 Å². The first kappa shape index (κ1) is 78.4. The van der Waals surface area contributed by atoms with Crippen LogP contribution in [0.15, 0.2) is 319 Å². The Kier molecular flexibility index (Phi) is 18.3. The minimum absolute atomic E-state index is 0.0117. The van der Waals surface area contributed by atoms with Gasteiger partial charge in [-0.1, -0.05) is 363 Å². The zero-order valence-corrected chi connectivity index (χ0v) is 74.6. The van der Waals surface area contributed by atoms with E-state index in [1.54, 1.807) is 0 Å². The molecule has 3 heterocycles. The summed E-state index contributed by atoms with van der Waals surface area (Å²) in [4.78, 5) is 5.56. The van der Waals surface area contributed by atoms with Crippen LogP contribution in [0.4, 0.5) is 34.1 Å². The zero-order valence-electron chi connectivity index (χ0n) is 74.6. The van der Waals surface area contributed by atoms with Crippen molar-refractivity contribution in [1.82, 2.24) is 4.57 Å². The highest BCUT2D eigenvalue weighted by Crippen LogP contribution is 2.60. The van der Waals surface area contributed by atoms with Crippen LogP contribution in [0, 0.1) is 28.6 Å². The molecule has 0 saturated carbocycles. The van der Waals surface area contributed by atoms with Crippen LogP contribution in [0.2, 0.25) is 0 Å². The highest BCUT2D eigenvalue weighted by atomic mass is 15.2. The molecular formula is C116H116BN3.